The van der Waals surface area contributed by atoms with Gasteiger partial charge in [-0.1, -0.05) is 21.9 Å². The van der Waals surface area contributed by atoms with Crippen molar-refractivity contribution in [1.29, 1.82) is 0 Å². The number of ether oxygens (including phenoxy) is 1. The van der Waals surface area contributed by atoms with Gasteiger partial charge in [-0.25, -0.2) is 13.2 Å². The number of nitrogens with zero attached hydrogens (tertiary/aromatic N) is 2. The van der Waals surface area contributed by atoms with Crippen LogP contribution in [0.1, 0.15) is 16.1 Å². The van der Waals surface area contributed by atoms with Gasteiger partial charge in [-0.2, -0.15) is 0 Å². The highest BCUT2D eigenvalue weighted by molar-refractivity contribution is 7.89. The monoisotopic (exact) mass is 386 g/mol. The molecule has 25 heavy (non-hydrogen) atoms. The van der Waals surface area contributed by atoms with Gasteiger partial charge in [0.1, 0.15) is 6.61 Å². The molecule has 1 aromatic carbocycles. The number of sulfonamides is 1. The lowest BCUT2D eigenvalue weighted by molar-refractivity contribution is -0.0258. The Kier molecular flexibility index (Phi) is 6.11. The Bertz CT molecular complexity index is 916. The maximum absolute atomic E-state index is 12.2. The Morgan fingerprint density at radius 1 is 1.36 bits per heavy atom. The topological polar surface area (TPSA) is 94.9 Å². The van der Waals surface area contributed by atoms with E-state index in [1.165, 1.54) is 43.0 Å². The molecule has 0 saturated heterocycles. The number of hydrogen-bond donors (Lipinski definition) is 0. The molecule has 10 heteroatoms. The van der Waals surface area contributed by atoms with Gasteiger partial charge in [0.25, 0.3) is 10.0 Å². The Labute approximate surface area is 149 Å². The zero-order valence-corrected chi connectivity index (χ0v) is 15.6. The molecule has 0 spiro atoms. The van der Waals surface area contributed by atoms with Crippen LogP contribution in [0.4, 0.5) is 0 Å². The quantitative estimate of drug-likeness (QED) is 0.525. The van der Waals surface area contributed by atoms with Crippen LogP contribution in [0.15, 0.2) is 39.3 Å². The maximum Gasteiger partial charge on any atom is 0.338 e. The van der Waals surface area contributed by atoms with Crippen LogP contribution in [0.5, 0.6) is 0 Å². The van der Waals surface area contributed by atoms with Crippen LogP contribution in [-0.4, -0.2) is 44.2 Å². The number of aromatic nitrogens is 1. The van der Waals surface area contributed by atoms with Crippen molar-refractivity contribution in [1.82, 2.24) is 9.04 Å². The van der Waals surface area contributed by atoms with Gasteiger partial charge in [-0.15, -0.1) is 0 Å². The molecule has 0 radical (unpaired) electrons. The number of carbonyl (C=O) groups excluding carboxylic acids is 1. The summed E-state index contributed by atoms with van der Waals surface area (Å²) in [6.07, 6.45) is 0. The van der Waals surface area contributed by atoms with Crippen molar-refractivity contribution < 1.29 is 22.8 Å². The van der Waals surface area contributed by atoms with E-state index < -0.39 is 16.0 Å². The number of rotatable bonds is 7. The lowest BCUT2D eigenvalue weighted by atomic mass is 10.2. The van der Waals surface area contributed by atoms with Crippen LogP contribution < -0.4 is 4.87 Å². The van der Waals surface area contributed by atoms with Gasteiger partial charge in [0.05, 0.1) is 24.1 Å². The first-order valence-corrected chi connectivity index (χ1v) is 9.54. The van der Waals surface area contributed by atoms with Crippen molar-refractivity contribution in [3.63, 3.8) is 0 Å². The average molecular weight is 386 g/mol. The van der Waals surface area contributed by atoms with Crippen molar-refractivity contribution in [2.45, 2.75) is 18.4 Å². The van der Waals surface area contributed by atoms with Gasteiger partial charge >= 0.3 is 10.8 Å². The van der Waals surface area contributed by atoms with E-state index in [4.69, 9.17) is 9.57 Å². The number of hydrogen-bond acceptors (Lipinski definition) is 7. The lowest BCUT2D eigenvalue weighted by Gasteiger charge is -2.14. The van der Waals surface area contributed by atoms with Gasteiger partial charge in [0.2, 0.25) is 0 Å². The van der Waals surface area contributed by atoms with Crippen LogP contribution >= 0.6 is 11.3 Å². The Hall–Kier alpha value is -2.01. The van der Waals surface area contributed by atoms with Crippen LogP contribution in [0, 0.1) is 6.92 Å². The van der Waals surface area contributed by atoms with Crippen molar-refractivity contribution in [2.24, 2.45) is 0 Å². The van der Waals surface area contributed by atoms with E-state index in [-0.39, 0.29) is 28.5 Å². The van der Waals surface area contributed by atoms with E-state index in [0.29, 0.717) is 4.47 Å². The minimum Gasteiger partial charge on any atom is -0.460 e. The highest BCUT2D eigenvalue weighted by Crippen LogP contribution is 2.16. The first kappa shape index (κ1) is 19.3. The Morgan fingerprint density at radius 3 is 2.68 bits per heavy atom. The fourth-order valence-electron chi connectivity index (χ4n) is 2.02. The smallest absolute Gasteiger partial charge is 0.338 e. The average Bonchev–Trinajstić information content (AvgIpc) is 2.92. The molecular formula is C15H18N2O6S2. The second-order valence-electron chi connectivity index (χ2n) is 5.06. The summed E-state index contributed by atoms with van der Waals surface area (Å²) in [5, 5.41) is 1.73. The summed E-state index contributed by atoms with van der Waals surface area (Å²) in [6.45, 7) is 2.04. The van der Waals surface area contributed by atoms with Crippen LogP contribution in [0.3, 0.4) is 0 Å². The normalized spacial score (nSPS) is 11.7. The van der Waals surface area contributed by atoms with E-state index >= 15 is 0 Å². The molecule has 0 amide bonds. The fourth-order valence-corrected chi connectivity index (χ4v) is 3.80. The number of carbonyl (C=O) groups is 1. The fraction of sp³-hybridized carbons (Fsp3) is 0.333. The molecule has 136 valence electrons. The minimum absolute atomic E-state index is 0.00522. The van der Waals surface area contributed by atoms with Crippen LogP contribution in [0.2, 0.25) is 0 Å². The summed E-state index contributed by atoms with van der Waals surface area (Å²) in [5.74, 6) is -0.668. The molecule has 0 fully saturated rings. The molecule has 0 saturated carbocycles. The summed E-state index contributed by atoms with van der Waals surface area (Å²) in [4.78, 5) is 28.2. The SMILES string of the molecule is CON(C)S(=O)(=O)c1cccc(C(=O)OCCn2c(C)csc2=O)c1. The molecule has 0 unspecified atom stereocenters. The van der Waals surface area contributed by atoms with Gasteiger partial charge in [-0.05, 0) is 25.1 Å². The van der Waals surface area contributed by atoms with E-state index in [9.17, 15) is 18.0 Å². The summed E-state index contributed by atoms with van der Waals surface area (Å²) in [7, 11) is -1.38. The largest absolute Gasteiger partial charge is 0.460 e. The van der Waals surface area contributed by atoms with Crippen molar-refractivity contribution in [2.75, 3.05) is 20.8 Å². The third kappa shape index (κ3) is 4.34. The molecule has 2 aromatic rings. The molecule has 0 N–H and O–H groups in total. The second-order valence-corrected chi connectivity index (χ2v) is 7.81. The van der Waals surface area contributed by atoms with Crippen molar-refractivity contribution in [3.05, 3.63) is 50.6 Å². The van der Waals surface area contributed by atoms with E-state index in [1.807, 2.05) is 0 Å². The summed E-state index contributed by atoms with van der Waals surface area (Å²) in [6, 6.07) is 5.47. The number of benzene rings is 1. The molecule has 2 rings (SSSR count). The molecule has 8 nitrogen and oxygen atoms in total. The molecule has 0 bridgehead atoms. The number of hydroxylamine groups is 1. The van der Waals surface area contributed by atoms with E-state index in [1.54, 1.807) is 12.3 Å². The second kappa shape index (κ2) is 7.91. The molecular weight excluding hydrogens is 368 g/mol. The van der Waals surface area contributed by atoms with Gasteiger partial charge in [-0.3, -0.25) is 14.2 Å². The Balaban J connectivity index is 2.08. The third-order valence-corrected chi connectivity index (χ3v) is 6.04. The molecule has 0 aliphatic carbocycles. The van der Waals surface area contributed by atoms with Crippen LogP contribution in [0.25, 0.3) is 0 Å². The maximum atomic E-state index is 12.2. The lowest BCUT2D eigenvalue weighted by Crippen LogP contribution is -2.26. The number of esters is 1. The molecule has 0 atom stereocenters. The van der Waals surface area contributed by atoms with E-state index in [2.05, 4.69) is 0 Å². The first-order valence-electron chi connectivity index (χ1n) is 7.22. The van der Waals surface area contributed by atoms with Crippen molar-refractivity contribution in [3.8, 4) is 0 Å². The van der Waals surface area contributed by atoms with Gasteiger partial charge in [0.15, 0.2) is 0 Å². The summed E-state index contributed by atoms with van der Waals surface area (Å²) < 4.78 is 31.7. The zero-order chi connectivity index (χ0) is 18.6. The molecule has 0 aliphatic rings. The van der Waals surface area contributed by atoms with Gasteiger partial charge in [0, 0.05) is 18.1 Å². The molecule has 1 heterocycles. The summed E-state index contributed by atoms with van der Waals surface area (Å²) in [5.41, 5.74) is 0.890. The predicted octanol–water partition coefficient (Wildman–Crippen LogP) is 1.26. The Morgan fingerprint density at radius 2 is 2.08 bits per heavy atom. The predicted molar refractivity (Wildman–Crippen MR) is 92.0 cm³/mol. The minimum atomic E-state index is -3.85. The highest BCUT2D eigenvalue weighted by Gasteiger charge is 2.22. The third-order valence-electron chi connectivity index (χ3n) is 3.49. The number of thiazole rings is 1. The van der Waals surface area contributed by atoms with Gasteiger partial charge < -0.3 is 4.74 Å². The van der Waals surface area contributed by atoms with E-state index in [0.717, 1.165) is 17.0 Å². The summed E-state index contributed by atoms with van der Waals surface area (Å²) >= 11 is 1.08. The first-order chi connectivity index (χ1) is 11.8. The standard InChI is InChI=1S/C15H18N2O6S2/c1-11-10-24-15(19)17(11)7-8-23-14(18)12-5-4-6-13(9-12)25(20,21)16(2)22-3/h4-6,9-10H,7-8H2,1-3H3. The molecule has 0 aliphatic heterocycles. The molecule has 1 aromatic heterocycles. The van der Waals surface area contributed by atoms with Crippen LogP contribution in [-0.2, 0) is 26.1 Å². The zero-order valence-electron chi connectivity index (χ0n) is 14.0. The number of aryl methyl sites for hydroxylation is 1. The highest BCUT2D eigenvalue weighted by atomic mass is 32.2. The van der Waals surface area contributed by atoms with Crippen molar-refractivity contribution >= 4 is 27.3 Å².